The van der Waals surface area contributed by atoms with E-state index in [9.17, 15) is 4.39 Å². The third-order valence-corrected chi connectivity index (χ3v) is 5.82. The van der Waals surface area contributed by atoms with E-state index >= 15 is 0 Å². The molecule has 1 aliphatic heterocycles. The van der Waals surface area contributed by atoms with Crippen LogP contribution in [0.3, 0.4) is 0 Å². The Kier molecular flexibility index (Phi) is 4.30. The van der Waals surface area contributed by atoms with Crippen molar-refractivity contribution in [2.75, 3.05) is 13.1 Å². The second-order valence-corrected chi connectivity index (χ2v) is 7.91. The van der Waals surface area contributed by atoms with E-state index in [-0.39, 0.29) is 5.82 Å². The molecule has 1 fully saturated rings. The molecule has 4 aromatic rings. The minimum Gasteiger partial charge on any atom is -0.460 e. The highest BCUT2D eigenvalue weighted by Gasteiger charge is 2.14. The summed E-state index contributed by atoms with van der Waals surface area (Å²) in [6.07, 6.45) is 3.86. The Hall–Kier alpha value is -2.44. The predicted molar refractivity (Wildman–Crippen MR) is 105 cm³/mol. The Morgan fingerprint density at radius 3 is 2.85 bits per heavy atom. The highest BCUT2D eigenvalue weighted by Crippen LogP contribution is 2.34. The first-order valence-corrected chi connectivity index (χ1v) is 10.0. The van der Waals surface area contributed by atoms with E-state index in [0.717, 1.165) is 41.1 Å². The molecule has 1 aliphatic rings. The van der Waals surface area contributed by atoms with Crippen LogP contribution in [0.4, 0.5) is 4.39 Å². The third kappa shape index (κ3) is 3.42. The zero-order valence-corrected chi connectivity index (χ0v) is 15.6. The quantitative estimate of drug-likeness (QED) is 0.436. The van der Waals surface area contributed by atoms with E-state index in [1.807, 2.05) is 24.3 Å². The molecule has 0 aliphatic carbocycles. The van der Waals surface area contributed by atoms with Gasteiger partial charge in [0.05, 0.1) is 11.2 Å². The summed E-state index contributed by atoms with van der Waals surface area (Å²) in [7, 11) is 0. The van der Waals surface area contributed by atoms with E-state index in [0.29, 0.717) is 16.5 Å². The molecule has 0 N–H and O–H groups in total. The van der Waals surface area contributed by atoms with Crippen molar-refractivity contribution >= 4 is 32.5 Å². The van der Waals surface area contributed by atoms with Gasteiger partial charge in [-0.3, -0.25) is 4.90 Å². The number of furan rings is 1. The maximum absolute atomic E-state index is 13.8. The Balaban J connectivity index is 1.37. The number of thiazole rings is 1. The average Bonchev–Trinajstić information content (AvgIpc) is 3.26. The summed E-state index contributed by atoms with van der Waals surface area (Å²) in [6.45, 7) is 3.13. The van der Waals surface area contributed by atoms with Crippen molar-refractivity contribution in [1.82, 2.24) is 9.88 Å². The zero-order valence-electron chi connectivity index (χ0n) is 14.8. The second-order valence-electron chi connectivity index (χ2n) is 6.92. The number of nitrogens with zero attached hydrogens (tertiary/aromatic N) is 2. The van der Waals surface area contributed by atoms with Gasteiger partial charge in [-0.15, -0.1) is 0 Å². The summed E-state index contributed by atoms with van der Waals surface area (Å²) in [5.74, 6) is 1.32. The van der Waals surface area contributed by atoms with Crippen molar-refractivity contribution in [2.24, 2.45) is 0 Å². The Morgan fingerprint density at radius 1 is 1.11 bits per heavy atom. The van der Waals surface area contributed by atoms with E-state index in [2.05, 4.69) is 16.0 Å². The normalized spacial score (nSPS) is 15.6. The lowest BCUT2D eigenvalue weighted by atomic mass is 10.1. The van der Waals surface area contributed by atoms with Crippen LogP contribution in [0.2, 0.25) is 0 Å². The van der Waals surface area contributed by atoms with Gasteiger partial charge in [0.15, 0.2) is 0 Å². The Morgan fingerprint density at radius 2 is 2.00 bits per heavy atom. The largest absolute Gasteiger partial charge is 0.460 e. The molecule has 6 heteroatoms. The van der Waals surface area contributed by atoms with Gasteiger partial charge in [-0.2, -0.15) is 4.98 Å². The minimum absolute atomic E-state index is 0.328. The molecular formula is C21H19FN2O2S. The summed E-state index contributed by atoms with van der Waals surface area (Å²) in [4.78, 5) is 6.70. The monoisotopic (exact) mass is 382 g/mol. The molecule has 0 unspecified atom stereocenters. The summed E-state index contributed by atoms with van der Waals surface area (Å²) < 4.78 is 26.4. The zero-order chi connectivity index (χ0) is 18.2. The first kappa shape index (κ1) is 16.7. The number of rotatable bonds is 4. The molecule has 3 heterocycles. The Bertz CT molecular complexity index is 1100. The first-order chi connectivity index (χ1) is 13.2. The molecule has 0 saturated carbocycles. The maximum atomic E-state index is 13.8. The van der Waals surface area contributed by atoms with Gasteiger partial charge in [0.25, 0.3) is 5.19 Å². The van der Waals surface area contributed by atoms with Crippen molar-refractivity contribution < 1.29 is 13.5 Å². The van der Waals surface area contributed by atoms with Crippen LogP contribution in [0.1, 0.15) is 25.0 Å². The van der Waals surface area contributed by atoms with Gasteiger partial charge in [-0.05, 0) is 62.3 Å². The highest BCUT2D eigenvalue weighted by molar-refractivity contribution is 7.20. The number of halogens is 1. The standard InChI is InChI=1S/C21H19FN2O2S/c22-17-5-4-6-19-20(17)23-21(27-19)26-15-7-8-18-14(11-15)12-16(25-18)13-24-9-2-1-3-10-24/h4-8,11-12H,1-3,9-10,13H2. The van der Waals surface area contributed by atoms with Crippen LogP contribution in [0.25, 0.3) is 21.2 Å². The van der Waals surface area contributed by atoms with Crippen LogP contribution < -0.4 is 4.74 Å². The van der Waals surface area contributed by atoms with Crippen LogP contribution in [0, 0.1) is 5.82 Å². The topological polar surface area (TPSA) is 38.5 Å². The van der Waals surface area contributed by atoms with Crippen molar-refractivity contribution in [3.05, 3.63) is 54.0 Å². The van der Waals surface area contributed by atoms with Crippen LogP contribution in [-0.4, -0.2) is 23.0 Å². The van der Waals surface area contributed by atoms with Crippen molar-refractivity contribution in [2.45, 2.75) is 25.8 Å². The number of aromatic nitrogens is 1. The van der Waals surface area contributed by atoms with Crippen LogP contribution in [-0.2, 0) is 6.54 Å². The number of para-hydroxylation sites is 1. The molecule has 5 rings (SSSR count). The molecule has 2 aromatic heterocycles. The summed E-state index contributed by atoms with van der Waals surface area (Å²) >= 11 is 1.34. The second kappa shape index (κ2) is 6.94. The molecular weight excluding hydrogens is 363 g/mol. The fourth-order valence-corrected chi connectivity index (χ4v) is 4.44. The molecule has 138 valence electrons. The highest BCUT2D eigenvalue weighted by atomic mass is 32.1. The number of ether oxygens (including phenoxy) is 1. The van der Waals surface area contributed by atoms with Gasteiger partial charge < -0.3 is 9.15 Å². The fraction of sp³-hybridized carbons (Fsp3) is 0.286. The van der Waals surface area contributed by atoms with Gasteiger partial charge in [0, 0.05) is 5.39 Å². The van der Waals surface area contributed by atoms with Gasteiger partial charge in [0.1, 0.15) is 28.4 Å². The molecule has 4 nitrogen and oxygen atoms in total. The smallest absolute Gasteiger partial charge is 0.279 e. The number of hydrogen-bond donors (Lipinski definition) is 0. The van der Waals surface area contributed by atoms with E-state index in [4.69, 9.17) is 9.15 Å². The van der Waals surface area contributed by atoms with Gasteiger partial charge in [0.2, 0.25) is 0 Å². The van der Waals surface area contributed by atoms with Crippen LogP contribution >= 0.6 is 11.3 Å². The molecule has 0 atom stereocenters. The van der Waals surface area contributed by atoms with Crippen LogP contribution in [0.15, 0.2) is 46.9 Å². The van der Waals surface area contributed by atoms with Crippen LogP contribution in [0.5, 0.6) is 10.9 Å². The number of hydrogen-bond acceptors (Lipinski definition) is 5. The van der Waals surface area contributed by atoms with Gasteiger partial charge in [-0.1, -0.05) is 23.8 Å². The number of piperidine rings is 1. The summed E-state index contributed by atoms with van der Waals surface area (Å²) in [5.41, 5.74) is 1.20. The molecule has 0 amide bonds. The summed E-state index contributed by atoms with van der Waals surface area (Å²) in [5, 5.41) is 1.44. The minimum atomic E-state index is -0.328. The maximum Gasteiger partial charge on any atom is 0.279 e. The predicted octanol–water partition coefficient (Wildman–Crippen LogP) is 5.96. The van der Waals surface area contributed by atoms with Crippen molar-refractivity contribution in [3.8, 4) is 10.9 Å². The summed E-state index contributed by atoms with van der Waals surface area (Å²) in [6, 6.07) is 12.7. The SMILES string of the molecule is Fc1cccc2sc(Oc3ccc4oc(CN5CCCCC5)cc4c3)nc12. The van der Waals surface area contributed by atoms with Crippen molar-refractivity contribution in [1.29, 1.82) is 0 Å². The number of fused-ring (bicyclic) bond motifs is 2. The first-order valence-electron chi connectivity index (χ1n) is 9.22. The molecule has 1 saturated heterocycles. The van der Waals surface area contributed by atoms with E-state index in [1.54, 1.807) is 6.07 Å². The number of likely N-dealkylation sites (tertiary alicyclic amines) is 1. The molecule has 2 aromatic carbocycles. The molecule has 0 bridgehead atoms. The average molecular weight is 382 g/mol. The lowest BCUT2D eigenvalue weighted by molar-refractivity contribution is 0.207. The lowest BCUT2D eigenvalue weighted by Crippen LogP contribution is -2.28. The Labute approximate surface area is 160 Å². The van der Waals surface area contributed by atoms with Gasteiger partial charge >= 0.3 is 0 Å². The molecule has 27 heavy (non-hydrogen) atoms. The number of benzene rings is 2. The van der Waals surface area contributed by atoms with E-state index in [1.165, 1.54) is 36.7 Å². The van der Waals surface area contributed by atoms with Gasteiger partial charge in [-0.25, -0.2) is 4.39 Å². The fourth-order valence-electron chi connectivity index (χ4n) is 3.59. The molecule has 0 spiro atoms. The van der Waals surface area contributed by atoms with Crippen molar-refractivity contribution in [3.63, 3.8) is 0 Å². The lowest BCUT2D eigenvalue weighted by Gasteiger charge is -2.25. The third-order valence-electron chi connectivity index (χ3n) is 4.92. The molecule has 0 radical (unpaired) electrons. The van der Waals surface area contributed by atoms with E-state index < -0.39 is 0 Å².